The van der Waals surface area contributed by atoms with Crippen LogP contribution in [0.1, 0.15) is 12.5 Å². The average Bonchev–Trinajstić information content (AvgIpc) is 2.35. The molecule has 5 heteroatoms. The van der Waals surface area contributed by atoms with E-state index in [-0.39, 0.29) is 28.5 Å². The van der Waals surface area contributed by atoms with E-state index in [4.69, 9.17) is 9.47 Å². The van der Waals surface area contributed by atoms with Crippen molar-refractivity contribution in [2.75, 3.05) is 13.7 Å². The van der Waals surface area contributed by atoms with Crippen LogP contribution in [0.4, 0.5) is 0 Å². The Balaban J connectivity index is 2.80. The van der Waals surface area contributed by atoms with Crippen molar-refractivity contribution in [2.45, 2.75) is 11.8 Å². The van der Waals surface area contributed by atoms with E-state index in [1.165, 1.54) is 19.2 Å². The summed E-state index contributed by atoms with van der Waals surface area (Å²) in [6.07, 6.45) is 0. The summed E-state index contributed by atoms with van der Waals surface area (Å²) in [5.41, 5.74) is 0.776. The molecule has 0 fully saturated rings. The number of phenolic OH excluding ortho intramolecular Hbond substituents is 1. The first-order chi connectivity index (χ1) is 8.45. The van der Waals surface area contributed by atoms with Crippen molar-refractivity contribution in [1.82, 2.24) is 0 Å². The standard InChI is InChI=1S/C13H15BrO4/c1-8(14)7-18-13(16)9(2)10-4-5-11(15)12(6-10)17-3/h4-6,8,15H,2,7H2,1,3H3. The van der Waals surface area contributed by atoms with E-state index in [2.05, 4.69) is 22.5 Å². The normalized spacial score (nSPS) is 11.7. The molecule has 0 aliphatic heterocycles. The molecule has 0 amide bonds. The highest BCUT2D eigenvalue weighted by molar-refractivity contribution is 9.09. The van der Waals surface area contributed by atoms with Crippen molar-refractivity contribution < 1.29 is 19.4 Å². The van der Waals surface area contributed by atoms with Crippen molar-refractivity contribution in [2.24, 2.45) is 0 Å². The van der Waals surface area contributed by atoms with Gasteiger partial charge in [-0.3, -0.25) is 0 Å². The molecule has 0 saturated heterocycles. The number of hydrogen-bond donors (Lipinski definition) is 1. The lowest BCUT2D eigenvalue weighted by molar-refractivity contribution is -0.136. The van der Waals surface area contributed by atoms with Gasteiger partial charge in [0.15, 0.2) is 11.5 Å². The summed E-state index contributed by atoms with van der Waals surface area (Å²) in [7, 11) is 1.44. The minimum atomic E-state index is -0.492. The van der Waals surface area contributed by atoms with E-state index >= 15 is 0 Å². The van der Waals surface area contributed by atoms with Gasteiger partial charge in [0.25, 0.3) is 0 Å². The predicted molar refractivity (Wildman–Crippen MR) is 73.0 cm³/mol. The first-order valence-corrected chi connectivity index (χ1v) is 6.24. The van der Waals surface area contributed by atoms with E-state index in [0.717, 1.165) is 0 Å². The zero-order valence-electron chi connectivity index (χ0n) is 10.3. The Morgan fingerprint density at radius 1 is 1.56 bits per heavy atom. The number of carbonyl (C=O) groups excluding carboxylic acids is 1. The molecule has 0 aliphatic rings. The Hall–Kier alpha value is -1.49. The summed E-state index contributed by atoms with van der Waals surface area (Å²) in [5.74, 6) is -0.194. The van der Waals surface area contributed by atoms with Gasteiger partial charge >= 0.3 is 5.97 Å². The Kier molecular flexibility index (Phi) is 5.22. The number of phenols is 1. The molecule has 0 aromatic heterocycles. The summed E-state index contributed by atoms with van der Waals surface area (Å²) in [5, 5.41) is 9.45. The summed E-state index contributed by atoms with van der Waals surface area (Å²) >= 11 is 3.28. The second kappa shape index (κ2) is 6.44. The van der Waals surface area contributed by atoms with Gasteiger partial charge in [-0.2, -0.15) is 0 Å². The summed E-state index contributed by atoms with van der Waals surface area (Å²) < 4.78 is 10.00. The van der Waals surface area contributed by atoms with Crippen molar-refractivity contribution in [3.8, 4) is 11.5 Å². The van der Waals surface area contributed by atoms with Crippen LogP contribution in [0.15, 0.2) is 24.8 Å². The molecule has 0 saturated carbocycles. The van der Waals surface area contributed by atoms with Crippen LogP contribution in [0.2, 0.25) is 0 Å². The molecule has 1 N–H and O–H groups in total. The minimum absolute atomic E-state index is 0.0106. The Morgan fingerprint density at radius 2 is 2.22 bits per heavy atom. The molecule has 0 spiro atoms. The van der Waals surface area contributed by atoms with Gasteiger partial charge in [0.05, 0.1) is 12.7 Å². The molecule has 0 radical (unpaired) electrons. The van der Waals surface area contributed by atoms with Crippen LogP contribution in [-0.4, -0.2) is 29.6 Å². The highest BCUT2D eigenvalue weighted by Crippen LogP contribution is 2.29. The highest BCUT2D eigenvalue weighted by Gasteiger charge is 2.14. The Morgan fingerprint density at radius 3 is 2.78 bits per heavy atom. The van der Waals surface area contributed by atoms with Crippen LogP contribution in [0.25, 0.3) is 5.57 Å². The minimum Gasteiger partial charge on any atom is -0.504 e. The van der Waals surface area contributed by atoms with E-state index < -0.39 is 5.97 Å². The first kappa shape index (κ1) is 14.6. The largest absolute Gasteiger partial charge is 0.504 e. The Bertz CT molecular complexity index is 454. The number of esters is 1. The molecule has 0 bridgehead atoms. The molecule has 98 valence electrons. The average molecular weight is 315 g/mol. The molecule has 1 atom stereocenters. The molecular weight excluding hydrogens is 300 g/mol. The van der Waals surface area contributed by atoms with Crippen LogP contribution in [0.3, 0.4) is 0 Å². The fraction of sp³-hybridized carbons (Fsp3) is 0.308. The van der Waals surface area contributed by atoms with Crippen LogP contribution >= 0.6 is 15.9 Å². The maximum absolute atomic E-state index is 11.7. The zero-order chi connectivity index (χ0) is 13.7. The van der Waals surface area contributed by atoms with E-state index in [0.29, 0.717) is 5.56 Å². The molecule has 1 aromatic rings. The summed E-state index contributed by atoms with van der Waals surface area (Å²) in [6, 6.07) is 4.56. The third-order valence-corrected chi connectivity index (χ3v) is 2.48. The van der Waals surface area contributed by atoms with Gasteiger partial charge < -0.3 is 14.6 Å². The second-order valence-corrected chi connectivity index (χ2v) is 5.31. The predicted octanol–water partition coefficient (Wildman–Crippen LogP) is 2.74. The molecule has 0 aliphatic carbocycles. The number of aromatic hydroxyl groups is 1. The number of alkyl halides is 1. The maximum atomic E-state index is 11.7. The van der Waals surface area contributed by atoms with Crippen LogP contribution in [-0.2, 0) is 9.53 Å². The quantitative estimate of drug-likeness (QED) is 0.516. The molecule has 1 aromatic carbocycles. The van der Waals surface area contributed by atoms with Gasteiger partial charge in [-0.25, -0.2) is 4.79 Å². The van der Waals surface area contributed by atoms with Crippen molar-refractivity contribution in [3.63, 3.8) is 0 Å². The smallest absolute Gasteiger partial charge is 0.338 e. The number of rotatable bonds is 5. The van der Waals surface area contributed by atoms with Gasteiger partial charge in [0, 0.05) is 4.83 Å². The second-order valence-electron chi connectivity index (χ2n) is 3.74. The highest BCUT2D eigenvalue weighted by atomic mass is 79.9. The summed E-state index contributed by atoms with van der Waals surface area (Å²) in [4.78, 5) is 11.8. The monoisotopic (exact) mass is 314 g/mol. The molecule has 1 unspecified atom stereocenters. The maximum Gasteiger partial charge on any atom is 0.338 e. The van der Waals surface area contributed by atoms with E-state index in [1.807, 2.05) is 6.92 Å². The molecular formula is C13H15BrO4. The lowest BCUT2D eigenvalue weighted by atomic mass is 10.1. The van der Waals surface area contributed by atoms with Gasteiger partial charge in [0.2, 0.25) is 0 Å². The molecule has 0 heterocycles. The topological polar surface area (TPSA) is 55.8 Å². The fourth-order valence-electron chi connectivity index (χ4n) is 1.26. The summed E-state index contributed by atoms with van der Waals surface area (Å²) in [6.45, 7) is 5.83. The zero-order valence-corrected chi connectivity index (χ0v) is 11.9. The lowest BCUT2D eigenvalue weighted by Gasteiger charge is -2.10. The fourth-order valence-corrected chi connectivity index (χ4v) is 1.39. The molecule has 1 rings (SSSR count). The third-order valence-electron chi connectivity index (χ3n) is 2.22. The number of halogens is 1. The first-order valence-electron chi connectivity index (χ1n) is 5.33. The number of benzene rings is 1. The third kappa shape index (κ3) is 3.77. The van der Waals surface area contributed by atoms with Crippen molar-refractivity contribution in [1.29, 1.82) is 0 Å². The van der Waals surface area contributed by atoms with Crippen LogP contribution in [0, 0.1) is 0 Å². The lowest BCUT2D eigenvalue weighted by Crippen LogP contribution is -2.12. The molecule has 18 heavy (non-hydrogen) atoms. The number of methoxy groups -OCH3 is 1. The van der Waals surface area contributed by atoms with E-state index in [9.17, 15) is 9.90 Å². The number of carbonyl (C=O) groups is 1. The number of ether oxygens (including phenoxy) is 2. The number of hydrogen-bond acceptors (Lipinski definition) is 4. The van der Waals surface area contributed by atoms with Crippen molar-refractivity contribution in [3.05, 3.63) is 30.3 Å². The van der Waals surface area contributed by atoms with E-state index in [1.54, 1.807) is 6.07 Å². The Labute approximate surface area is 114 Å². The molecule has 4 nitrogen and oxygen atoms in total. The van der Waals surface area contributed by atoms with Gasteiger partial charge in [-0.05, 0) is 24.6 Å². The van der Waals surface area contributed by atoms with Gasteiger partial charge in [0.1, 0.15) is 6.61 Å². The van der Waals surface area contributed by atoms with Crippen LogP contribution in [0.5, 0.6) is 11.5 Å². The van der Waals surface area contributed by atoms with Gasteiger partial charge in [-0.15, -0.1) is 0 Å². The SMILES string of the molecule is C=C(C(=O)OCC(C)Br)c1ccc(O)c(OC)c1. The van der Waals surface area contributed by atoms with Gasteiger partial charge in [-0.1, -0.05) is 28.6 Å². The van der Waals surface area contributed by atoms with Crippen molar-refractivity contribution >= 4 is 27.5 Å². The van der Waals surface area contributed by atoms with Crippen LogP contribution < -0.4 is 4.74 Å².